The van der Waals surface area contributed by atoms with Crippen LogP contribution in [-0.2, 0) is 11.3 Å². The van der Waals surface area contributed by atoms with Crippen LogP contribution in [0.25, 0.3) is 0 Å². The molecule has 25 heavy (non-hydrogen) atoms. The van der Waals surface area contributed by atoms with E-state index in [0.29, 0.717) is 0 Å². The molecule has 1 aliphatic rings. The zero-order valence-electron chi connectivity index (χ0n) is 14.4. The number of anilines is 1. The fourth-order valence-corrected chi connectivity index (χ4v) is 3.33. The van der Waals surface area contributed by atoms with Crippen LogP contribution in [0.4, 0.5) is 5.69 Å². The van der Waals surface area contributed by atoms with Gasteiger partial charge in [-0.15, -0.1) is 0 Å². The predicted octanol–water partition coefficient (Wildman–Crippen LogP) is 4.20. The molecule has 1 atom stereocenters. The number of likely N-dealkylation sites (tertiary alicyclic amines) is 1. The van der Waals surface area contributed by atoms with E-state index in [2.05, 4.69) is 10.2 Å². The number of hydrogen-bond acceptors (Lipinski definition) is 3. The van der Waals surface area contributed by atoms with E-state index in [1.54, 1.807) is 7.11 Å². The maximum absolute atomic E-state index is 12.6. The topological polar surface area (TPSA) is 41.6 Å². The predicted molar refractivity (Wildman–Crippen MR) is 101 cm³/mol. The second kappa shape index (κ2) is 8.37. The fourth-order valence-electron chi connectivity index (χ4n) is 3.21. The lowest BCUT2D eigenvalue weighted by atomic mass is 9.96. The molecular formula is C20H23ClN2O2. The minimum atomic E-state index is 0.00671. The van der Waals surface area contributed by atoms with Crippen LogP contribution in [0.5, 0.6) is 5.75 Å². The van der Waals surface area contributed by atoms with E-state index in [4.69, 9.17) is 16.3 Å². The van der Waals surface area contributed by atoms with Crippen LogP contribution in [0, 0.1) is 5.92 Å². The summed E-state index contributed by atoms with van der Waals surface area (Å²) in [5, 5.41) is 3.76. The second-order valence-corrected chi connectivity index (χ2v) is 6.86. The van der Waals surface area contributed by atoms with Crippen molar-refractivity contribution in [1.82, 2.24) is 4.90 Å². The van der Waals surface area contributed by atoms with E-state index in [9.17, 15) is 4.79 Å². The van der Waals surface area contributed by atoms with Crippen LogP contribution >= 0.6 is 11.6 Å². The molecule has 3 rings (SSSR count). The molecule has 0 aromatic heterocycles. The molecule has 4 nitrogen and oxygen atoms in total. The Kier molecular flexibility index (Phi) is 5.95. The van der Waals surface area contributed by atoms with Gasteiger partial charge in [-0.05, 0) is 49.2 Å². The number of ether oxygens (including phenoxy) is 1. The molecule has 1 amide bonds. The molecule has 0 unspecified atom stereocenters. The van der Waals surface area contributed by atoms with Crippen molar-refractivity contribution < 1.29 is 9.53 Å². The molecule has 1 fully saturated rings. The van der Waals surface area contributed by atoms with Crippen LogP contribution in [0.1, 0.15) is 18.4 Å². The van der Waals surface area contributed by atoms with Gasteiger partial charge in [0.25, 0.3) is 0 Å². The molecule has 0 spiro atoms. The highest BCUT2D eigenvalue weighted by Gasteiger charge is 2.25. The molecule has 1 saturated heterocycles. The first-order valence-electron chi connectivity index (χ1n) is 8.56. The summed E-state index contributed by atoms with van der Waals surface area (Å²) in [6.45, 7) is 2.64. The molecule has 2 aromatic rings. The molecule has 132 valence electrons. The lowest BCUT2D eigenvalue weighted by molar-refractivity contribution is -0.121. The molecule has 1 heterocycles. The van der Waals surface area contributed by atoms with E-state index in [1.165, 1.54) is 5.56 Å². The molecule has 5 heteroatoms. The van der Waals surface area contributed by atoms with Crippen LogP contribution in [-0.4, -0.2) is 31.0 Å². The number of amides is 1. The standard InChI is InChI=1S/C20H23ClN2O2/c1-25-19-6-2-5-18(12-19)22-20(24)16-4-3-11-23(14-16)13-15-7-9-17(21)10-8-15/h2,5-10,12,16H,3-4,11,13-14H2,1H3,(H,22,24)/t16-/m0/s1. The Labute approximate surface area is 153 Å². The van der Waals surface area contributed by atoms with Gasteiger partial charge in [0.2, 0.25) is 5.91 Å². The Morgan fingerprint density at radius 1 is 1.28 bits per heavy atom. The van der Waals surface area contributed by atoms with Crippen molar-refractivity contribution in [3.63, 3.8) is 0 Å². The molecule has 0 radical (unpaired) electrons. The number of nitrogens with zero attached hydrogens (tertiary/aromatic N) is 1. The summed E-state index contributed by atoms with van der Waals surface area (Å²) in [7, 11) is 1.62. The Hall–Kier alpha value is -2.04. The van der Waals surface area contributed by atoms with Gasteiger partial charge < -0.3 is 10.1 Å². The summed E-state index contributed by atoms with van der Waals surface area (Å²) in [6, 6.07) is 15.4. The zero-order valence-corrected chi connectivity index (χ0v) is 15.1. The summed E-state index contributed by atoms with van der Waals surface area (Å²) in [4.78, 5) is 14.9. The fraction of sp³-hybridized carbons (Fsp3) is 0.350. The summed E-state index contributed by atoms with van der Waals surface area (Å²) >= 11 is 5.94. The average Bonchev–Trinajstić information content (AvgIpc) is 2.64. The quantitative estimate of drug-likeness (QED) is 0.870. The zero-order chi connectivity index (χ0) is 17.6. The van der Waals surface area contributed by atoms with Crippen molar-refractivity contribution in [2.45, 2.75) is 19.4 Å². The minimum Gasteiger partial charge on any atom is -0.497 e. The van der Waals surface area contributed by atoms with Gasteiger partial charge in [0.15, 0.2) is 0 Å². The van der Waals surface area contributed by atoms with E-state index in [-0.39, 0.29) is 11.8 Å². The molecule has 0 saturated carbocycles. The molecule has 0 aliphatic carbocycles. The number of nitrogens with one attached hydrogen (secondary N) is 1. The third kappa shape index (κ3) is 4.97. The van der Waals surface area contributed by atoms with Gasteiger partial charge in [-0.1, -0.05) is 29.8 Å². The van der Waals surface area contributed by atoms with Crippen molar-refractivity contribution in [2.24, 2.45) is 5.92 Å². The van der Waals surface area contributed by atoms with Gasteiger partial charge in [-0.3, -0.25) is 9.69 Å². The Balaban J connectivity index is 1.58. The van der Waals surface area contributed by atoms with Crippen molar-refractivity contribution >= 4 is 23.2 Å². The lowest BCUT2D eigenvalue weighted by Crippen LogP contribution is -2.40. The highest BCUT2D eigenvalue weighted by molar-refractivity contribution is 6.30. The number of rotatable bonds is 5. The van der Waals surface area contributed by atoms with E-state index in [1.807, 2.05) is 48.5 Å². The van der Waals surface area contributed by atoms with Crippen molar-refractivity contribution in [1.29, 1.82) is 0 Å². The molecule has 2 aromatic carbocycles. The third-order valence-electron chi connectivity index (χ3n) is 4.53. The summed E-state index contributed by atoms with van der Waals surface area (Å²) in [5.41, 5.74) is 2.00. The number of carbonyl (C=O) groups excluding carboxylic acids is 1. The number of carbonyl (C=O) groups is 1. The first-order valence-corrected chi connectivity index (χ1v) is 8.93. The van der Waals surface area contributed by atoms with Crippen molar-refractivity contribution in [3.05, 3.63) is 59.1 Å². The van der Waals surface area contributed by atoms with Crippen LogP contribution in [0.2, 0.25) is 5.02 Å². The maximum Gasteiger partial charge on any atom is 0.228 e. The summed E-state index contributed by atoms with van der Waals surface area (Å²) in [5.74, 6) is 0.826. The lowest BCUT2D eigenvalue weighted by Gasteiger charge is -2.32. The Bertz CT molecular complexity index is 718. The van der Waals surface area contributed by atoms with E-state index >= 15 is 0 Å². The summed E-state index contributed by atoms with van der Waals surface area (Å²) < 4.78 is 5.20. The second-order valence-electron chi connectivity index (χ2n) is 6.42. The highest BCUT2D eigenvalue weighted by atomic mass is 35.5. The number of benzene rings is 2. The van der Waals surface area contributed by atoms with E-state index in [0.717, 1.165) is 48.9 Å². The Morgan fingerprint density at radius 2 is 2.08 bits per heavy atom. The normalized spacial score (nSPS) is 17.9. The van der Waals surface area contributed by atoms with Gasteiger partial charge in [-0.25, -0.2) is 0 Å². The average molecular weight is 359 g/mol. The van der Waals surface area contributed by atoms with Crippen molar-refractivity contribution in [3.8, 4) is 5.75 Å². The van der Waals surface area contributed by atoms with Gasteiger partial charge in [0.1, 0.15) is 5.75 Å². The number of hydrogen-bond donors (Lipinski definition) is 1. The van der Waals surface area contributed by atoms with Gasteiger partial charge >= 0.3 is 0 Å². The van der Waals surface area contributed by atoms with Crippen LogP contribution in [0.3, 0.4) is 0 Å². The third-order valence-corrected chi connectivity index (χ3v) is 4.78. The first kappa shape index (κ1) is 17.8. The minimum absolute atomic E-state index is 0.00671. The largest absolute Gasteiger partial charge is 0.497 e. The van der Waals surface area contributed by atoms with Gasteiger partial charge in [0, 0.05) is 29.9 Å². The van der Waals surface area contributed by atoms with Crippen LogP contribution in [0.15, 0.2) is 48.5 Å². The highest BCUT2D eigenvalue weighted by Crippen LogP contribution is 2.22. The monoisotopic (exact) mass is 358 g/mol. The SMILES string of the molecule is COc1cccc(NC(=O)[C@H]2CCCN(Cc3ccc(Cl)cc3)C2)c1. The van der Waals surface area contributed by atoms with Gasteiger partial charge in [-0.2, -0.15) is 0 Å². The summed E-state index contributed by atoms with van der Waals surface area (Å²) in [6.07, 6.45) is 1.96. The number of methoxy groups -OCH3 is 1. The smallest absolute Gasteiger partial charge is 0.228 e. The number of piperidine rings is 1. The van der Waals surface area contributed by atoms with Gasteiger partial charge in [0.05, 0.1) is 13.0 Å². The first-order chi connectivity index (χ1) is 12.1. The molecule has 1 N–H and O–H groups in total. The molecular weight excluding hydrogens is 336 g/mol. The number of halogens is 1. The van der Waals surface area contributed by atoms with Crippen LogP contribution < -0.4 is 10.1 Å². The van der Waals surface area contributed by atoms with Crippen molar-refractivity contribution in [2.75, 3.05) is 25.5 Å². The molecule has 0 bridgehead atoms. The van der Waals surface area contributed by atoms with E-state index < -0.39 is 0 Å². The molecule has 1 aliphatic heterocycles. The maximum atomic E-state index is 12.6. The Morgan fingerprint density at radius 3 is 2.84 bits per heavy atom.